The Morgan fingerprint density at radius 3 is 0.851 bits per heavy atom. The lowest BCUT2D eigenvalue weighted by Gasteiger charge is -2.33. The van der Waals surface area contributed by atoms with Crippen molar-refractivity contribution in [1.29, 1.82) is 0 Å². The van der Waals surface area contributed by atoms with Gasteiger partial charge in [-0.1, -0.05) is 276 Å². The second-order valence-electron chi connectivity index (χ2n) is 39.0. The average Bonchev–Trinajstić information content (AvgIpc) is 1.58. The number of benzene rings is 12. The van der Waals surface area contributed by atoms with Gasteiger partial charge in [0, 0.05) is 57.6 Å². The number of para-hydroxylation sites is 3. The zero-order valence-corrected chi connectivity index (χ0v) is 74.3. The van der Waals surface area contributed by atoms with Crippen LogP contribution < -0.4 is 48.1 Å². The molecule has 0 amide bonds. The first-order chi connectivity index (χ1) is 57.5. The molecule has 121 heavy (non-hydrogen) atoms. The molecule has 14 rings (SSSR count). The second kappa shape index (κ2) is 34.9. The Labute approximate surface area is 717 Å². The number of rotatable bonds is 29. The molecule has 14 aromatic rings. The van der Waals surface area contributed by atoms with Crippen molar-refractivity contribution in [3.8, 4) is 56.8 Å². The maximum Gasteiger partial charge on any atom is 0.178 e. The monoisotopic (exact) mass is 1610 g/mol. The van der Waals surface area contributed by atoms with Crippen LogP contribution in [0.5, 0.6) is 34.5 Å². The molecule has 0 saturated carbocycles. The Bertz CT molecular complexity index is 5150. The van der Waals surface area contributed by atoms with E-state index in [2.05, 4.69) is 408 Å². The summed E-state index contributed by atoms with van der Waals surface area (Å²) in [6.45, 7) is 41.3. The van der Waals surface area contributed by atoms with Gasteiger partial charge in [0.25, 0.3) is 0 Å². The van der Waals surface area contributed by atoms with Crippen molar-refractivity contribution in [2.75, 3.05) is 56.5 Å². The lowest BCUT2D eigenvalue weighted by molar-refractivity contribution is -0.814. The van der Waals surface area contributed by atoms with E-state index in [0.717, 1.165) is 50.7 Å². The van der Waals surface area contributed by atoms with E-state index >= 15 is 0 Å². The van der Waals surface area contributed by atoms with Crippen LogP contribution >= 0.6 is 0 Å². The van der Waals surface area contributed by atoms with Crippen LogP contribution in [0.2, 0.25) is 0 Å². The molecule has 0 fully saturated rings. The SMILES string of the molecule is CN(c1ccccc1)c1ccc(-c2c3nn(CC(COc4ccc(C(C)(C)C)cc4)(COc4ccc(C(C)(C)C)cc4)COc4ccc(C(C)(C)C)cc4)nc3c(-c3ccc(N(c4ccccc4)c4ccccc4)cc3)c3n[n+](CC(COc4ccc(C(C)(C)C)cc4)(COc4ccc(C(C)(C)C)cc4)COc4ccc(C(C)(C)C)cc4)[n-]c23)cc1. The molecule has 2 aromatic heterocycles. The van der Waals surface area contributed by atoms with Crippen LogP contribution in [0.3, 0.4) is 0 Å². The first-order valence-electron chi connectivity index (χ1n) is 42.5. The van der Waals surface area contributed by atoms with Crippen molar-refractivity contribution in [3.05, 3.63) is 318 Å². The number of ether oxygens (including phenoxy) is 6. The Balaban J connectivity index is 0.994. The molecule has 2 heterocycles. The summed E-state index contributed by atoms with van der Waals surface area (Å²) in [6.07, 6.45) is 0. The lowest BCUT2D eigenvalue weighted by Crippen LogP contribution is -2.55. The highest BCUT2D eigenvalue weighted by atomic mass is 16.5. The Kier molecular flexibility index (Phi) is 24.6. The number of hydrogen-bond donors (Lipinski definition) is 0. The van der Waals surface area contributed by atoms with Crippen molar-refractivity contribution in [3.63, 3.8) is 0 Å². The van der Waals surface area contributed by atoms with Gasteiger partial charge in [0.05, 0.1) is 12.0 Å². The summed E-state index contributed by atoms with van der Waals surface area (Å²) in [7, 11) is 2.09. The van der Waals surface area contributed by atoms with Gasteiger partial charge in [0.1, 0.15) is 90.6 Å². The van der Waals surface area contributed by atoms with Crippen LogP contribution in [0, 0.1) is 10.8 Å². The quantitative estimate of drug-likeness (QED) is 0.0415. The molecule has 0 unspecified atom stereocenters. The van der Waals surface area contributed by atoms with Gasteiger partial charge in [-0.25, -0.2) is 0 Å². The predicted molar refractivity (Wildman–Crippen MR) is 495 cm³/mol. The standard InChI is InChI=1S/C107H120N8O6/c1-100(2,3)77-39-55-88(56-40-77)116-69-106(70-117-89-57-41-78(42-58-89)101(4,5)6,71-118-90-59-43-79(44-60-90)102(7,8)9)67-113-108-96-94(75-35-51-84(52-36-75)112(19)83-29-23-20-24-30-83)97-99(95(98(96)110-113)76-37-53-87(54-38-76)115(85-31-25-21-26-32-85)86-33-27-22-28-34-86)111-114(109-97)68-107(72-119-91-61-45-80(46-62-91)103(10,11)12,73-120-92-63-47-81(48-64-92)104(13,14)15)74-121-93-65-49-82(50-66-93)105(16,17)18/h20-66H,67-74H2,1-19H3. The minimum absolute atomic E-state index is 0.0739. The fourth-order valence-corrected chi connectivity index (χ4v) is 15.2. The highest BCUT2D eigenvalue weighted by molar-refractivity contribution is 6.16. The van der Waals surface area contributed by atoms with Crippen LogP contribution in [0.1, 0.15) is 158 Å². The van der Waals surface area contributed by atoms with Crippen molar-refractivity contribution in [2.45, 2.75) is 170 Å². The van der Waals surface area contributed by atoms with Gasteiger partial charge in [-0.3, -0.25) is 0 Å². The zero-order chi connectivity index (χ0) is 85.7. The summed E-state index contributed by atoms with van der Waals surface area (Å²) >= 11 is 0. The van der Waals surface area contributed by atoms with Gasteiger partial charge in [0.2, 0.25) is 0 Å². The summed E-state index contributed by atoms with van der Waals surface area (Å²) in [6, 6.07) is 99.3. The number of anilines is 5. The lowest BCUT2D eigenvalue weighted by atomic mass is 9.87. The fourth-order valence-electron chi connectivity index (χ4n) is 15.2. The molecule has 14 heteroatoms. The van der Waals surface area contributed by atoms with Crippen LogP contribution in [0.25, 0.3) is 44.3 Å². The van der Waals surface area contributed by atoms with E-state index in [-0.39, 0.29) is 85.2 Å². The topological polar surface area (TPSA) is 123 Å². The fraction of sp³-hybridized carbons (Fsp3) is 0.327. The largest absolute Gasteiger partial charge is 0.493 e. The van der Waals surface area contributed by atoms with E-state index in [9.17, 15) is 0 Å². The average molecular weight is 1610 g/mol. The maximum atomic E-state index is 7.13. The Morgan fingerprint density at radius 2 is 0.545 bits per heavy atom. The van der Waals surface area contributed by atoms with Gasteiger partial charge in [-0.15, -0.1) is 0 Å². The first kappa shape index (κ1) is 85.3. The maximum absolute atomic E-state index is 7.13. The summed E-state index contributed by atoms with van der Waals surface area (Å²) in [5.74, 6) is 4.28. The minimum atomic E-state index is -0.991. The molecule has 0 radical (unpaired) electrons. The highest BCUT2D eigenvalue weighted by Gasteiger charge is 2.41. The third-order valence-corrected chi connectivity index (χ3v) is 22.9. The smallest absolute Gasteiger partial charge is 0.178 e. The molecule has 12 aromatic carbocycles. The highest BCUT2D eigenvalue weighted by Crippen LogP contribution is 2.45. The molecule has 0 saturated heterocycles. The Hall–Kier alpha value is -12.2. The van der Waals surface area contributed by atoms with Crippen LogP contribution in [0.15, 0.2) is 285 Å². The molecule has 0 atom stereocenters. The molecule has 0 aliphatic carbocycles. The van der Waals surface area contributed by atoms with E-state index in [4.69, 9.17) is 48.8 Å². The van der Waals surface area contributed by atoms with Crippen LogP contribution in [0.4, 0.5) is 28.4 Å². The van der Waals surface area contributed by atoms with Crippen molar-refractivity contribution in [2.24, 2.45) is 10.8 Å². The van der Waals surface area contributed by atoms with Crippen molar-refractivity contribution in [1.82, 2.24) is 25.2 Å². The van der Waals surface area contributed by atoms with Gasteiger partial charge in [-0.05, 0) is 210 Å². The summed E-state index contributed by atoms with van der Waals surface area (Å²) in [5, 5.41) is 23.4. The van der Waals surface area contributed by atoms with Gasteiger partial charge < -0.3 is 38.2 Å². The minimum Gasteiger partial charge on any atom is -0.493 e. The number of aromatic nitrogens is 6. The molecular weight excluding hydrogens is 1490 g/mol. The molecular formula is C107H120N8O6. The van der Waals surface area contributed by atoms with E-state index in [1.807, 2.05) is 27.8 Å². The molecule has 0 aliphatic heterocycles. The summed E-state index contributed by atoms with van der Waals surface area (Å²) in [4.78, 5) is 8.13. The summed E-state index contributed by atoms with van der Waals surface area (Å²) in [5.41, 5.74) is 15.4. The molecule has 0 bridgehead atoms. The number of fused-ring (bicyclic) bond motifs is 2. The summed E-state index contributed by atoms with van der Waals surface area (Å²) < 4.78 is 42.8. The van der Waals surface area contributed by atoms with Gasteiger partial charge in [0.15, 0.2) is 6.54 Å². The van der Waals surface area contributed by atoms with Crippen molar-refractivity contribution < 1.29 is 33.2 Å². The first-order valence-corrected chi connectivity index (χ1v) is 42.5. The second-order valence-corrected chi connectivity index (χ2v) is 39.0. The van der Waals surface area contributed by atoms with E-state index in [1.165, 1.54) is 33.4 Å². The van der Waals surface area contributed by atoms with Gasteiger partial charge >= 0.3 is 0 Å². The molecule has 624 valence electrons. The number of nitrogens with zero attached hydrogens (tertiary/aromatic N) is 8. The van der Waals surface area contributed by atoms with E-state index in [0.29, 0.717) is 56.6 Å². The molecule has 0 N–H and O–H groups in total. The molecule has 0 aliphatic rings. The Morgan fingerprint density at radius 1 is 0.289 bits per heavy atom. The molecule has 14 nitrogen and oxygen atoms in total. The van der Waals surface area contributed by atoms with Crippen LogP contribution in [-0.4, -0.2) is 66.8 Å². The predicted octanol–water partition coefficient (Wildman–Crippen LogP) is 25.0. The van der Waals surface area contributed by atoms with Crippen molar-refractivity contribution >= 4 is 50.5 Å². The number of hydrogen-bond acceptors (Lipinski definition) is 11. The van der Waals surface area contributed by atoms with Gasteiger partial charge in [-0.2, -0.15) is 30.0 Å². The normalized spacial score (nSPS) is 12.5. The zero-order valence-electron chi connectivity index (χ0n) is 74.3. The van der Waals surface area contributed by atoms with Crippen LogP contribution in [-0.2, 0) is 45.6 Å². The molecule has 0 spiro atoms. The van der Waals surface area contributed by atoms with E-state index in [1.54, 1.807) is 0 Å². The van der Waals surface area contributed by atoms with E-state index < -0.39 is 10.8 Å². The third-order valence-electron chi connectivity index (χ3n) is 22.9. The third kappa shape index (κ3) is 20.7.